The first-order valence-electron chi connectivity index (χ1n) is 8.93. The smallest absolute Gasteiger partial charge is 0.273 e. The van der Waals surface area contributed by atoms with Gasteiger partial charge in [-0.15, -0.1) is 10.2 Å². The standard InChI is InChI=1S/C17H22N8O4S/c1-19-17(28)13-9(6-12(24-25-13)22-16(27)8-4-5-8)21-15-11(30(3,29)20-2)7-10(26)14(18)23-15/h6-8,26H,4-5H2,1-3H3,(H,19,28)(H4,18,21,22,23,24,27). The Hall–Kier alpha value is -3.48. The zero-order valence-electron chi connectivity index (χ0n) is 16.6. The molecule has 1 saturated carbocycles. The Balaban J connectivity index is 2.08. The Labute approximate surface area is 172 Å². The molecule has 2 amide bonds. The summed E-state index contributed by atoms with van der Waals surface area (Å²) in [7, 11) is -0.137. The van der Waals surface area contributed by atoms with Crippen molar-refractivity contribution in [3.8, 4) is 5.75 Å². The van der Waals surface area contributed by atoms with Crippen molar-refractivity contribution < 1.29 is 18.9 Å². The second-order valence-electron chi connectivity index (χ2n) is 6.68. The van der Waals surface area contributed by atoms with E-state index >= 15 is 0 Å². The van der Waals surface area contributed by atoms with Crippen LogP contribution in [-0.2, 0) is 14.5 Å². The average molecular weight is 434 g/mol. The Morgan fingerprint density at radius 3 is 2.60 bits per heavy atom. The molecular weight excluding hydrogens is 412 g/mol. The number of nitrogens with two attached hydrogens (primary N) is 1. The van der Waals surface area contributed by atoms with Gasteiger partial charge in [0, 0.05) is 38.4 Å². The molecule has 1 atom stereocenters. The molecule has 1 aliphatic carbocycles. The normalized spacial score (nSPS) is 15.0. The number of nitrogens with one attached hydrogen (secondary N) is 3. The Kier molecular flexibility index (Phi) is 5.73. The molecule has 0 spiro atoms. The fraction of sp³-hybridized carbons (Fsp3) is 0.353. The number of pyridine rings is 1. The first-order chi connectivity index (χ1) is 14.2. The number of aromatic nitrogens is 3. The van der Waals surface area contributed by atoms with Crippen LogP contribution in [0.3, 0.4) is 0 Å². The van der Waals surface area contributed by atoms with Crippen LogP contribution in [0.4, 0.5) is 23.1 Å². The summed E-state index contributed by atoms with van der Waals surface area (Å²) >= 11 is 0. The van der Waals surface area contributed by atoms with Gasteiger partial charge in [-0.25, -0.2) is 13.6 Å². The molecule has 0 radical (unpaired) electrons. The highest BCUT2D eigenvalue weighted by Gasteiger charge is 2.30. The highest BCUT2D eigenvalue weighted by atomic mass is 32.2. The van der Waals surface area contributed by atoms with Crippen LogP contribution in [0.2, 0.25) is 0 Å². The van der Waals surface area contributed by atoms with E-state index in [-0.39, 0.29) is 51.3 Å². The van der Waals surface area contributed by atoms with Gasteiger partial charge in [-0.3, -0.25) is 9.59 Å². The maximum Gasteiger partial charge on any atom is 0.273 e. The molecular formula is C17H22N8O4S. The first-order valence-corrected chi connectivity index (χ1v) is 10.9. The average Bonchev–Trinajstić information content (AvgIpc) is 3.55. The molecule has 1 fully saturated rings. The summed E-state index contributed by atoms with van der Waals surface area (Å²) in [6.45, 7) is 0. The third-order valence-electron chi connectivity index (χ3n) is 4.44. The Bertz CT molecular complexity index is 1140. The van der Waals surface area contributed by atoms with Gasteiger partial charge in [0.05, 0.1) is 20.3 Å². The SMILES string of the molecule is CN=S(C)(=O)c1cc(O)c(N)nc1Nc1cc(NC(=O)C2CC2)nnc1C(=O)NC. The van der Waals surface area contributed by atoms with E-state index in [4.69, 9.17) is 5.73 Å². The zero-order valence-corrected chi connectivity index (χ0v) is 17.4. The van der Waals surface area contributed by atoms with Crippen molar-refractivity contribution in [1.29, 1.82) is 0 Å². The predicted molar refractivity (Wildman–Crippen MR) is 111 cm³/mol. The molecule has 2 aromatic rings. The number of hydrogen-bond acceptors (Lipinski definition) is 10. The van der Waals surface area contributed by atoms with Crippen LogP contribution < -0.4 is 21.7 Å². The van der Waals surface area contributed by atoms with E-state index in [0.29, 0.717) is 0 Å². The molecule has 6 N–H and O–H groups in total. The molecule has 1 unspecified atom stereocenters. The van der Waals surface area contributed by atoms with Gasteiger partial charge in [0.1, 0.15) is 5.82 Å². The van der Waals surface area contributed by atoms with Crippen molar-refractivity contribution in [2.24, 2.45) is 10.3 Å². The third kappa shape index (κ3) is 4.40. The van der Waals surface area contributed by atoms with E-state index in [1.165, 1.54) is 32.5 Å². The van der Waals surface area contributed by atoms with Gasteiger partial charge >= 0.3 is 0 Å². The summed E-state index contributed by atoms with van der Waals surface area (Å²) in [6.07, 6.45) is 2.99. The molecule has 160 valence electrons. The fourth-order valence-electron chi connectivity index (χ4n) is 2.51. The number of nitrogens with zero attached hydrogens (tertiary/aromatic N) is 4. The Morgan fingerprint density at radius 2 is 2.00 bits per heavy atom. The van der Waals surface area contributed by atoms with Gasteiger partial charge < -0.3 is 26.8 Å². The molecule has 1 aliphatic rings. The second kappa shape index (κ2) is 8.10. The fourth-order valence-corrected chi connectivity index (χ4v) is 3.49. The summed E-state index contributed by atoms with van der Waals surface area (Å²) in [5.74, 6) is -1.20. The van der Waals surface area contributed by atoms with E-state index in [1.807, 2.05) is 0 Å². The minimum atomic E-state index is -2.93. The van der Waals surface area contributed by atoms with Crippen LogP contribution in [0.25, 0.3) is 0 Å². The van der Waals surface area contributed by atoms with Crippen molar-refractivity contribution in [3.63, 3.8) is 0 Å². The summed E-state index contributed by atoms with van der Waals surface area (Å²) in [5, 5.41) is 25.6. The predicted octanol–water partition coefficient (Wildman–Crippen LogP) is 0.698. The number of hydrogen-bond donors (Lipinski definition) is 5. The van der Waals surface area contributed by atoms with Crippen molar-refractivity contribution in [3.05, 3.63) is 17.8 Å². The van der Waals surface area contributed by atoms with Gasteiger partial charge in [0.2, 0.25) is 5.91 Å². The summed E-state index contributed by atoms with van der Waals surface area (Å²) < 4.78 is 16.7. The summed E-state index contributed by atoms with van der Waals surface area (Å²) in [6, 6.07) is 2.61. The van der Waals surface area contributed by atoms with Gasteiger partial charge in [0.25, 0.3) is 5.91 Å². The number of carbonyl (C=O) groups excluding carboxylic acids is 2. The lowest BCUT2D eigenvalue weighted by molar-refractivity contribution is -0.117. The van der Waals surface area contributed by atoms with Crippen LogP contribution >= 0.6 is 0 Å². The van der Waals surface area contributed by atoms with Crippen LogP contribution in [0.5, 0.6) is 5.75 Å². The molecule has 0 aliphatic heterocycles. The van der Waals surface area contributed by atoms with Crippen LogP contribution in [0, 0.1) is 5.92 Å². The zero-order chi connectivity index (χ0) is 22.1. The van der Waals surface area contributed by atoms with E-state index < -0.39 is 15.6 Å². The van der Waals surface area contributed by atoms with Gasteiger partial charge in [-0.05, 0) is 12.8 Å². The molecule has 2 aromatic heterocycles. The highest BCUT2D eigenvalue weighted by Crippen LogP contribution is 2.33. The number of rotatable bonds is 6. The van der Waals surface area contributed by atoms with E-state index in [1.54, 1.807) is 0 Å². The number of aromatic hydroxyl groups is 1. The molecule has 0 aromatic carbocycles. The number of anilines is 4. The van der Waals surface area contributed by atoms with E-state index in [0.717, 1.165) is 12.8 Å². The maximum absolute atomic E-state index is 12.8. The van der Waals surface area contributed by atoms with Crippen LogP contribution in [0.1, 0.15) is 23.3 Å². The van der Waals surface area contributed by atoms with Gasteiger partial charge in [0.15, 0.2) is 23.1 Å². The van der Waals surface area contributed by atoms with Crippen molar-refractivity contribution in [2.45, 2.75) is 17.7 Å². The lowest BCUT2D eigenvalue weighted by Crippen LogP contribution is -2.23. The van der Waals surface area contributed by atoms with Crippen molar-refractivity contribution in [2.75, 3.05) is 36.7 Å². The lowest BCUT2D eigenvalue weighted by atomic mass is 10.2. The van der Waals surface area contributed by atoms with Crippen molar-refractivity contribution >= 4 is 44.7 Å². The molecule has 0 saturated heterocycles. The van der Waals surface area contributed by atoms with Crippen molar-refractivity contribution in [1.82, 2.24) is 20.5 Å². The van der Waals surface area contributed by atoms with E-state index in [2.05, 4.69) is 35.5 Å². The van der Waals surface area contributed by atoms with E-state index in [9.17, 15) is 18.9 Å². The lowest BCUT2D eigenvalue weighted by Gasteiger charge is -2.16. The minimum absolute atomic E-state index is 0.0148. The number of amides is 2. The molecule has 30 heavy (non-hydrogen) atoms. The molecule has 0 bridgehead atoms. The quantitative estimate of drug-likeness (QED) is 0.436. The first kappa shape index (κ1) is 21.2. The molecule has 3 rings (SSSR count). The molecule has 2 heterocycles. The molecule has 12 nitrogen and oxygen atoms in total. The second-order valence-corrected chi connectivity index (χ2v) is 9.09. The number of carbonyl (C=O) groups is 2. The summed E-state index contributed by atoms with van der Waals surface area (Å²) in [5.41, 5.74) is 5.75. The summed E-state index contributed by atoms with van der Waals surface area (Å²) in [4.78, 5) is 28.4. The van der Waals surface area contributed by atoms with Crippen LogP contribution in [0.15, 0.2) is 21.4 Å². The van der Waals surface area contributed by atoms with Gasteiger partial charge in [-0.1, -0.05) is 0 Å². The largest absolute Gasteiger partial charge is 0.504 e. The third-order valence-corrected chi connectivity index (χ3v) is 6.26. The highest BCUT2D eigenvalue weighted by molar-refractivity contribution is 7.93. The topological polar surface area (TPSA) is 185 Å². The van der Waals surface area contributed by atoms with Gasteiger partial charge in [-0.2, -0.15) is 0 Å². The maximum atomic E-state index is 12.8. The monoisotopic (exact) mass is 434 g/mol. The molecule has 13 heteroatoms. The van der Waals surface area contributed by atoms with Crippen LogP contribution in [-0.4, -0.2) is 56.7 Å². The Morgan fingerprint density at radius 1 is 1.30 bits per heavy atom. The number of nitrogen functional groups attached to an aromatic ring is 1. The minimum Gasteiger partial charge on any atom is -0.504 e.